The van der Waals surface area contributed by atoms with E-state index in [9.17, 15) is 19.3 Å². The number of amides is 1. The molecule has 0 aliphatic carbocycles. The Morgan fingerprint density at radius 2 is 2.07 bits per heavy atom. The van der Waals surface area contributed by atoms with Gasteiger partial charge in [0, 0.05) is 25.6 Å². The van der Waals surface area contributed by atoms with Crippen LogP contribution in [0.5, 0.6) is 5.75 Å². The Bertz CT molecular complexity index is 1080. The molecular weight excluding hydrogens is 391 g/mol. The molecule has 1 N–H and O–H groups in total. The number of halogens is 1. The van der Waals surface area contributed by atoms with Crippen molar-refractivity contribution >= 4 is 17.4 Å². The fraction of sp³-hybridized carbons (Fsp3) is 0.238. The number of hydrogen-bond donors (Lipinski definition) is 1. The number of nitrogens with one attached hydrogen (secondary N) is 1. The summed E-state index contributed by atoms with van der Waals surface area (Å²) in [6.45, 7) is 4.01. The molecule has 3 rings (SSSR count). The number of anilines is 1. The van der Waals surface area contributed by atoms with Crippen molar-refractivity contribution in [3.05, 3.63) is 81.5 Å². The minimum atomic E-state index is -0.565. The van der Waals surface area contributed by atoms with E-state index in [1.54, 1.807) is 41.8 Å². The first-order valence-electron chi connectivity index (χ1n) is 9.28. The van der Waals surface area contributed by atoms with E-state index >= 15 is 0 Å². The molecule has 30 heavy (non-hydrogen) atoms. The zero-order valence-corrected chi connectivity index (χ0v) is 16.6. The van der Waals surface area contributed by atoms with Crippen LogP contribution in [0.1, 0.15) is 23.4 Å². The number of carbonyl (C=O) groups excluding carboxylic acids is 1. The fourth-order valence-corrected chi connectivity index (χ4v) is 2.90. The van der Waals surface area contributed by atoms with Crippen LogP contribution < -0.4 is 10.1 Å². The molecule has 0 saturated carbocycles. The summed E-state index contributed by atoms with van der Waals surface area (Å²) in [6, 6.07) is 11.5. The SMILES string of the molecule is Cc1cc(OCc2cccc(F)c2)ccc1NC(=O)CCn1cc([N+](=O)[O-])nc1C. The van der Waals surface area contributed by atoms with Gasteiger partial charge in [0.05, 0.1) is 0 Å². The highest BCUT2D eigenvalue weighted by Crippen LogP contribution is 2.22. The van der Waals surface area contributed by atoms with Crippen LogP contribution in [0.3, 0.4) is 0 Å². The Kier molecular flexibility index (Phi) is 6.41. The smallest absolute Gasteiger partial charge is 0.381 e. The van der Waals surface area contributed by atoms with Gasteiger partial charge in [-0.05, 0) is 58.3 Å². The molecule has 1 amide bonds. The summed E-state index contributed by atoms with van der Waals surface area (Å²) in [7, 11) is 0. The minimum absolute atomic E-state index is 0.144. The van der Waals surface area contributed by atoms with Crippen LogP contribution in [0.2, 0.25) is 0 Å². The van der Waals surface area contributed by atoms with Crippen molar-refractivity contribution in [2.45, 2.75) is 33.4 Å². The van der Waals surface area contributed by atoms with Crippen LogP contribution >= 0.6 is 0 Å². The molecule has 156 valence electrons. The molecule has 1 heterocycles. The van der Waals surface area contributed by atoms with Gasteiger partial charge in [-0.3, -0.25) is 4.79 Å². The van der Waals surface area contributed by atoms with Crippen molar-refractivity contribution in [2.75, 3.05) is 5.32 Å². The number of carbonyl (C=O) groups is 1. The molecule has 2 aromatic carbocycles. The topological polar surface area (TPSA) is 99.3 Å². The number of ether oxygens (including phenoxy) is 1. The molecule has 1 aromatic heterocycles. The molecule has 0 aliphatic rings. The monoisotopic (exact) mass is 412 g/mol. The number of aryl methyl sites for hydroxylation is 3. The van der Waals surface area contributed by atoms with Gasteiger partial charge in [-0.25, -0.2) is 4.39 Å². The van der Waals surface area contributed by atoms with E-state index in [-0.39, 0.29) is 37.1 Å². The highest BCUT2D eigenvalue weighted by molar-refractivity contribution is 5.91. The van der Waals surface area contributed by atoms with Gasteiger partial charge < -0.3 is 24.7 Å². The lowest BCUT2D eigenvalue weighted by molar-refractivity contribution is -0.389. The third-order valence-corrected chi connectivity index (χ3v) is 4.50. The molecule has 0 radical (unpaired) electrons. The second-order valence-corrected chi connectivity index (χ2v) is 6.79. The van der Waals surface area contributed by atoms with E-state index < -0.39 is 4.92 Å². The lowest BCUT2D eigenvalue weighted by Crippen LogP contribution is -2.15. The highest BCUT2D eigenvalue weighted by Gasteiger charge is 2.16. The van der Waals surface area contributed by atoms with Crippen LogP contribution in [0.25, 0.3) is 0 Å². The Hall–Kier alpha value is -3.75. The Labute approximate surface area is 172 Å². The Morgan fingerprint density at radius 1 is 1.27 bits per heavy atom. The lowest BCUT2D eigenvalue weighted by atomic mass is 10.2. The Morgan fingerprint density at radius 3 is 2.73 bits per heavy atom. The summed E-state index contributed by atoms with van der Waals surface area (Å²) in [5, 5.41) is 13.6. The maximum atomic E-state index is 13.2. The molecule has 0 saturated heterocycles. The van der Waals surface area contributed by atoms with Crippen LogP contribution in [0.15, 0.2) is 48.7 Å². The van der Waals surface area contributed by atoms with Crippen molar-refractivity contribution in [2.24, 2.45) is 0 Å². The van der Waals surface area contributed by atoms with Crippen LogP contribution in [-0.4, -0.2) is 20.4 Å². The van der Waals surface area contributed by atoms with E-state index in [0.717, 1.165) is 11.1 Å². The number of nitro groups is 1. The average molecular weight is 412 g/mol. The lowest BCUT2D eigenvalue weighted by Gasteiger charge is -2.12. The highest BCUT2D eigenvalue weighted by atomic mass is 19.1. The molecule has 0 spiro atoms. The summed E-state index contributed by atoms with van der Waals surface area (Å²) >= 11 is 0. The third kappa shape index (κ3) is 5.40. The Balaban J connectivity index is 1.54. The van der Waals surface area contributed by atoms with Gasteiger partial charge >= 0.3 is 5.82 Å². The molecule has 3 aromatic rings. The summed E-state index contributed by atoms with van der Waals surface area (Å²) in [6.07, 6.45) is 1.46. The molecule has 0 atom stereocenters. The summed E-state index contributed by atoms with van der Waals surface area (Å²) in [5.41, 5.74) is 2.18. The maximum absolute atomic E-state index is 13.2. The number of nitrogens with zero attached hydrogens (tertiary/aromatic N) is 3. The number of benzene rings is 2. The van der Waals surface area contributed by atoms with Crippen molar-refractivity contribution in [1.82, 2.24) is 9.55 Å². The van der Waals surface area contributed by atoms with Crippen molar-refractivity contribution in [1.29, 1.82) is 0 Å². The van der Waals surface area contributed by atoms with Crippen molar-refractivity contribution < 1.29 is 18.8 Å². The van der Waals surface area contributed by atoms with Gasteiger partial charge in [0.15, 0.2) is 0 Å². The number of imidazole rings is 1. The van der Waals surface area contributed by atoms with Gasteiger partial charge in [0.2, 0.25) is 11.7 Å². The van der Waals surface area contributed by atoms with E-state index in [1.165, 1.54) is 18.3 Å². The van der Waals surface area contributed by atoms with Crippen LogP contribution in [0, 0.1) is 29.8 Å². The molecule has 0 fully saturated rings. The first kappa shape index (κ1) is 21.0. The van der Waals surface area contributed by atoms with Gasteiger partial charge in [0.25, 0.3) is 0 Å². The maximum Gasteiger partial charge on any atom is 0.381 e. The molecule has 0 unspecified atom stereocenters. The normalized spacial score (nSPS) is 10.6. The van der Waals surface area contributed by atoms with E-state index in [0.29, 0.717) is 17.3 Å². The second kappa shape index (κ2) is 9.17. The molecule has 8 nitrogen and oxygen atoms in total. The third-order valence-electron chi connectivity index (χ3n) is 4.50. The van der Waals surface area contributed by atoms with Crippen LogP contribution in [0.4, 0.5) is 15.9 Å². The second-order valence-electron chi connectivity index (χ2n) is 6.79. The molecular formula is C21H21FN4O4. The number of rotatable bonds is 8. The van der Waals surface area contributed by atoms with Gasteiger partial charge in [-0.2, -0.15) is 0 Å². The zero-order valence-electron chi connectivity index (χ0n) is 16.6. The quantitative estimate of drug-likeness (QED) is 0.442. The van der Waals surface area contributed by atoms with Gasteiger partial charge in [-0.1, -0.05) is 12.1 Å². The van der Waals surface area contributed by atoms with Gasteiger partial charge in [-0.15, -0.1) is 0 Å². The van der Waals surface area contributed by atoms with E-state index in [4.69, 9.17) is 4.74 Å². The van der Waals surface area contributed by atoms with E-state index in [1.807, 2.05) is 6.92 Å². The minimum Gasteiger partial charge on any atom is -0.489 e. The van der Waals surface area contributed by atoms with E-state index in [2.05, 4.69) is 10.3 Å². The molecule has 0 aliphatic heterocycles. The predicted octanol–water partition coefficient (Wildman–Crippen LogP) is 4.16. The average Bonchev–Trinajstić information content (AvgIpc) is 3.08. The molecule has 9 heteroatoms. The zero-order chi connectivity index (χ0) is 21.7. The van der Waals surface area contributed by atoms with Crippen molar-refractivity contribution in [3.8, 4) is 5.75 Å². The number of aromatic nitrogens is 2. The fourth-order valence-electron chi connectivity index (χ4n) is 2.90. The first-order chi connectivity index (χ1) is 14.3. The first-order valence-corrected chi connectivity index (χ1v) is 9.28. The van der Waals surface area contributed by atoms with Gasteiger partial charge in [0.1, 0.15) is 24.4 Å². The largest absolute Gasteiger partial charge is 0.489 e. The number of hydrogen-bond acceptors (Lipinski definition) is 5. The molecule has 0 bridgehead atoms. The predicted molar refractivity (Wildman–Crippen MR) is 109 cm³/mol. The van der Waals surface area contributed by atoms with Crippen LogP contribution in [-0.2, 0) is 17.9 Å². The summed E-state index contributed by atoms with van der Waals surface area (Å²) in [5.74, 6) is 0.312. The summed E-state index contributed by atoms with van der Waals surface area (Å²) in [4.78, 5) is 26.3. The summed E-state index contributed by atoms with van der Waals surface area (Å²) < 4.78 is 20.5. The van der Waals surface area contributed by atoms with Crippen molar-refractivity contribution in [3.63, 3.8) is 0 Å². The standard InChI is InChI=1S/C21H21FN4O4/c1-14-10-18(30-13-16-4-3-5-17(22)11-16)6-7-19(14)24-21(27)8-9-25-12-20(26(28)29)23-15(25)2/h3-7,10-12H,8-9,13H2,1-2H3,(H,24,27).